The van der Waals surface area contributed by atoms with Crippen molar-refractivity contribution >= 4 is 34.2 Å². The third-order valence-electron chi connectivity index (χ3n) is 5.95. The second-order valence-electron chi connectivity index (χ2n) is 9.51. The Bertz CT molecular complexity index is 1470. The monoisotopic (exact) mass is 510 g/mol. The molecule has 0 fully saturated rings. The summed E-state index contributed by atoms with van der Waals surface area (Å²) in [4.78, 5) is 13.6. The van der Waals surface area contributed by atoms with Crippen molar-refractivity contribution in [2.75, 3.05) is 6.79 Å². The van der Waals surface area contributed by atoms with Crippen molar-refractivity contribution in [1.29, 1.82) is 0 Å². The number of halogens is 2. The molecule has 1 aromatic heterocycles. The van der Waals surface area contributed by atoms with E-state index in [1.807, 2.05) is 24.3 Å². The summed E-state index contributed by atoms with van der Waals surface area (Å²) in [6.45, 7) is 7.04. The Kier molecular flexibility index (Phi) is 6.26. The van der Waals surface area contributed by atoms with Gasteiger partial charge < -0.3 is 18.6 Å². The van der Waals surface area contributed by atoms with Gasteiger partial charge in [0.15, 0.2) is 12.6 Å². The van der Waals surface area contributed by atoms with Crippen LogP contribution < -0.4 is 14.9 Å². The average Bonchev–Trinajstić information content (AvgIpc) is 2.83. The molecular weight excluding hydrogens is 487 g/mol. The lowest BCUT2D eigenvalue weighted by Gasteiger charge is -2.21. The van der Waals surface area contributed by atoms with Crippen molar-refractivity contribution in [3.8, 4) is 22.8 Å². The zero-order valence-electron chi connectivity index (χ0n) is 19.6. The third kappa shape index (κ3) is 4.76. The van der Waals surface area contributed by atoms with Gasteiger partial charge in [0.2, 0.25) is 11.2 Å². The lowest BCUT2D eigenvalue weighted by atomic mass is 9.86. The van der Waals surface area contributed by atoms with Gasteiger partial charge in [-0.05, 0) is 41.3 Å². The highest BCUT2D eigenvalue weighted by atomic mass is 35.5. The van der Waals surface area contributed by atoms with Gasteiger partial charge in [-0.25, -0.2) is 0 Å². The largest absolute Gasteiger partial charge is 0.481 e. The van der Waals surface area contributed by atoms with Crippen molar-refractivity contribution in [2.24, 2.45) is 0 Å². The highest BCUT2D eigenvalue weighted by Gasteiger charge is 2.22. The smallest absolute Gasteiger partial charge is 0.235 e. The van der Waals surface area contributed by atoms with Crippen LogP contribution in [0, 0.1) is 0 Å². The quantitative estimate of drug-likeness (QED) is 0.284. The van der Waals surface area contributed by atoms with Crippen LogP contribution in [0.25, 0.3) is 22.3 Å². The van der Waals surface area contributed by atoms with Crippen molar-refractivity contribution in [3.63, 3.8) is 0 Å². The molecule has 0 unspecified atom stereocenters. The number of benzene rings is 3. The standard InChI is InChI=1S/C28H24Cl2O5/c1-28(2,3)19-6-4-16(5-7-19)26-27(24(31)22-12-20(29)8-9-23(22)35-26)33-14-18-11-21(30)10-17-13-32-15-34-25(17)18/h4-12H,13-15H2,1-3H3. The van der Waals surface area contributed by atoms with E-state index in [4.69, 9.17) is 41.8 Å². The molecule has 0 radical (unpaired) electrons. The first-order chi connectivity index (χ1) is 16.7. The van der Waals surface area contributed by atoms with Gasteiger partial charge in [-0.3, -0.25) is 4.79 Å². The highest BCUT2D eigenvalue weighted by molar-refractivity contribution is 6.31. The first kappa shape index (κ1) is 23.7. The fourth-order valence-electron chi connectivity index (χ4n) is 4.11. The van der Waals surface area contributed by atoms with Gasteiger partial charge in [0.05, 0.1) is 12.0 Å². The van der Waals surface area contributed by atoms with Gasteiger partial charge in [-0.15, -0.1) is 0 Å². The molecule has 7 heteroatoms. The van der Waals surface area contributed by atoms with Crippen LogP contribution in [0.1, 0.15) is 37.5 Å². The van der Waals surface area contributed by atoms with Crippen LogP contribution in [0.5, 0.6) is 11.5 Å². The Morgan fingerprint density at radius 1 is 0.971 bits per heavy atom. The minimum absolute atomic E-state index is 0.00574. The van der Waals surface area contributed by atoms with Gasteiger partial charge >= 0.3 is 0 Å². The number of rotatable bonds is 4. The van der Waals surface area contributed by atoms with Crippen LogP contribution in [0.15, 0.2) is 63.8 Å². The maximum absolute atomic E-state index is 13.6. The lowest BCUT2D eigenvalue weighted by molar-refractivity contribution is -0.0175. The van der Waals surface area contributed by atoms with E-state index >= 15 is 0 Å². The second-order valence-corrected chi connectivity index (χ2v) is 10.4. The number of fused-ring (bicyclic) bond motifs is 2. The SMILES string of the molecule is CC(C)(C)c1ccc(-c2oc3ccc(Cl)cc3c(=O)c2OCc2cc(Cl)cc3c2OCOC3)cc1. The van der Waals surface area contributed by atoms with E-state index in [1.165, 1.54) is 5.56 Å². The topological polar surface area (TPSA) is 57.9 Å². The molecular formula is C28H24Cl2O5. The molecule has 0 spiro atoms. The molecule has 0 N–H and O–H groups in total. The average molecular weight is 511 g/mol. The summed E-state index contributed by atoms with van der Waals surface area (Å²) >= 11 is 12.5. The van der Waals surface area contributed by atoms with Gasteiger partial charge in [-0.1, -0.05) is 68.2 Å². The molecule has 2 heterocycles. The predicted molar refractivity (Wildman–Crippen MR) is 138 cm³/mol. The van der Waals surface area contributed by atoms with E-state index in [-0.39, 0.29) is 30.0 Å². The summed E-state index contributed by atoms with van der Waals surface area (Å²) < 4.78 is 23.4. The van der Waals surface area contributed by atoms with Crippen LogP contribution >= 0.6 is 23.2 Å². The van der Waals surface area contributed by atoms with Crippen LogP contribution in [0.2, 0.25) is 10.0 Å². The molecule has 5 nitrogen and oxygen atoms in total. The van der Waals surface area contributed by atoms with Crippen molar-refractivity contribution in [3.05, 3.63) is 91.6 Å². The molecule has 180 valence electrons. The maximum Gasteiger partial charge on any atom is 0.235 e. The van der Waals surface area contributed by atoms with E-state index in [0.717, 1.165) is 16.7 Å². The Hall–Kier alpha value is -2.99. The summed E-state index contributed by atoms with van der Waals surface area (Å²) in [6.07, 6.45) is 0. The zero-order valence-corrected chi connectivity index (χ0v) is 21.1. The van der Waals surface area contributed by atoms with E-state index in [2.05, 4.69) is 20.8 Å². The van der Waals surface area contributed by atoms with Gasteiger partial charge in [-0.2, -0.15) is 0 Å². The normalized spacial score (nSPS) is 13.4. The first-order valence-electron chi connectivity index (χ1n) is 11.2. The molecule has 0 saturated heterocycles. The number of ether oxygens (including phenoxy) is 3. The Balaban J connectivity index is 1.61. The molecule has 0 amide bonds. The van der Waals surface area contributed by atoms with Gasteiger partial charge in [0, 0.05) is 26.7 Å². The van der Waals surface area contributed by atoms with Crippen LogP contribution in [-0.2, 0) is 23.4 Å². The van der Waals surface area contributed by atoms with E-state index in [9.17, 15) is 4.79 Å². The molecule has 1 aliphatic heterocycles. The first-order valence-corrected chi connectivity index (χ1v) is 12.0. The molecule has 0 bridgehead atoms. The molecule has 35 heavy (non-hydrogen) atoms. The molecule has 1 aliphatic rings. The summed E-state index contributed by atoms with van der Waals surface area (Å²) in [5, 5.41) is 1.32. The fourth-order valence-corrected chi connectivity index (χ4v) is 4.54. The second kappa shape index (κ2) is 9.23. The van der Waals surface area contributed by atoms with Crippen molar-refractivity contribution in [2.45, 2.75) is 39.4 Å². The predicted octanol–water partition coefficient (Wildman–Crippen LogP) is 7.51. The molecule has 4 aromatic rings. The van der Waals surface area contributed by atoms with Crippen molar-refractivity contribution in [1.82, 2.24) is 0 Å². The number of hydrogen-bond acceptors (Lipinski definition) is 5. The Labute approximate surface area is 213 Å². The van der Waals surface area contributed by atoms with Gasteiger partial charge in [0.25, 0.3) is 0 Å². The van der Waals surface area contributed by atoms with Gasteiger partial charge in [0.1, 0.15) is 17.9 Å². The zero-order chi connectivity index (χ0) is 24.7. The third-order valence-corrected chi connectivity index (χ3v) is 6.40. The minimum Gasteiger partial charge on any atom is -0.481 e. The summed E-state index contributed by atoms with van der Waals surface area (Å²) in [7, 11) is 0. The Morgan fingerprint density at radius 2 is 1.74 bits per heavy atom. The summed E-state index contributed by atoms with van der Waals surface area (Å²) in [5.41, 5.74) is 3.58. The van der Waals surface area contributed by atoms with E-state index in [1.54, 1.807) is 30.3 Å². The summed E-state index contributed by atoms with van der Waals surface area (Å²) in [6, 6.07) is 16.5. The lowest BCUT2D eigenvalue weighted by Crippen LogP contribution is -2.15. The number of hydrogen-bond donors (Lipinski definition) is 0. The molecule has 5 rings (SSSR count). The van der Waals surface area contributed by atoms with Crippen LogP contribution in [-0.4, -0.2) is 6.79 Å². The Morgan fingerprint density at radius 3 is 2.49 bits per heavy atom. The van der Waals surface area contributed by atoms with E-state index in [0.29, 0.717) is 39.1 Å². The van der Waals surface area contributed by atoms with Crippen molar-refractivity contribution < 1.29 is 18.6 Å². The minimum atomic E-state index is -0.302. The highest BCUT2D eigenvalue weighted by Crippen LogP contribution is 2.36. The van der Waals surface area contributed by atoms with Crippen LogP contribution in [0.3, 0.4) is 0 Å². The molecule has 0 saturated carbocycles. The molecule has 3 aromatic carbocycles. The van der Waals surface area contributed by atoms with Crippen LogP contribution in [0.4, 0.5) is 0 Å². The molecule has 0 atom stereocenters. The summed E-state index contributed by atoms with van der Waals surface area (Å²) in [5.74, 6) is 1.11. The van der Waals surface area contributed by atoms with E-state index < -0.39 is 0 Å². The molecule has 0 aliphatic carbocycles. The fraction of sp³-hybridized carbons (Fsp3) is 0.250. The maximum atomic E-state index is 13.6.